The van der Waals surface area contributed by atoms with Crippen LogP contribution in [0.4, 0.5) is 5.69 Å². The second-order valence-electron chi connectivity index (χ2n) is 7.81. The summed E-state index contributed by atoms with van der Waals surface area (Å²) in [6.45, 7) is 12.4. The molecule has 0 spiro atoms. The number of nitrogens with one attached hydrogen (secondary N) is 2. The van der Waals surface area contributed by atoms with Crippen molar-refractivity contribution in [3.05, 3.63) is 29.8 Å². The average molecular weight is 473 g/mol. The van der Waals surface area contributed by atoms with Gasteiger partial charge in [0.1, 0.15) is 0 Å². The molecule has 0 radical (unpaired) electrons. The van der Waals surface area contributed by atoms with E-state index in [0.717, 1.165) is 38.6 Å². The van der Waals surface area contributed by atoms with E-state index in [2.05, 4.69) is 86.5 Å². The van der Waals surface area contributed by atoms with Gasteiger partial charge >= 0.3 is 0 Å². The predicted molar refractivity (Wildman–Crippen MR) is 124 cm³/mol. The number of hydrogen-bond donors (Lipinski definition) is 2. The number of hydrogen-bond acceptors (Lipinski definition) is 3. The normalized spacial score (nSPS) is 18.0. The Labute approximate surface area is 176 Å². The molecule has 0 bridgehead atoms. The van der Waals surface area contributed by atoms with Crippen LogP contribution in [0, 0.1) is 6.92 Å². The highest BCUT2D eigenvalue weighted by atomic mass is 127. The van der Waals surface area contributed by atoms with E-state index in [9.17, 15) is 0 Å². The number of rotatable bonds is 6. The Kier molecular flexibility index (Phi) is 9.16. The Morgan fingerprint density at radius 2 is 1.92 bits per heavy atom. The fraction of sp³-hybridized carbons (Fsp3) is 0.650. The first kappa shape index (κ1) is 23.0. The van der Waals surface area contributed by atoms with Gasteiger partial charge < -0.3 is 20.4 Å². The van der Waals surface area contributed by atoms with E-state index in [-0.39, 0.29) is 29.5 Å². The summed E-state index contributed by atoms with van der Waals surface area (Å²) in [5.41, 5.74) is 2.67. The molecule has 0 aliphatic carbocycles. The fourth-order valence-electron chi connectivity index (χ4n) is 2.80. The van der Waals surface area contributed by atoms with Crippen molar-refractivity contribution in [2.24, 2.45) is 4.99 Å². The van der Waals surface area contributed by atoms with Crippen molar-refractivity contribution in [3.8, 4) is 0 Å². The lowest BCUT2D eigenvalue weighted by atomic mass is 10.1. The lowest BCUT2D eigenvalue weighted by molar-refractivity contribution is 0.204. The third-order valence-corrected chi connectivity index (χ3v) is 5.11. The minimum Gasteiger partial charge on any atom is -0.369 e. The van der Waals surface area contributed by atoms with Crippen LogP contribution in [0.1, 0.15) is 32.8 Å². The highest BCUT2D eigenvalue weighted by Crippen LogP contribution is 2.20. The Balaban J connectivity index is 0.00000338. The molecule has 1 aliphatic rings. The first-order chi connectivity index (χ1) is 11.8. The van der Waals surface area contributed by atoms with Gasteiger partial charge in [-0.2, -0.15) is 0 Å². The number of aliphatic imine (C=N–C) groups is 1. The topological polar surface area (TPSA) is 42.9 Å². The number of aryl methyl sites for hydroxylation is 1. The van der Waals surface area contributed by atoms with Gasteiger partial charge in [-0.1, -0.05) is 17.7 Å². The van der Waals surface area contributed by atoms with Crippen LogP contribution in [0.15, 0.2) is 29.3 Å². The van der Waals surface area contributed by atoms with E-state index < -0.39 is 0 Å². The molecule has 6 heteroatoms. The van der Waals surface area contributed by atoms with E-state index >= 15 is 0 Å². The minimum absolute atomic E-state index is 0. The Hall–Kier alpha value is -1.02. The van der Waals surface area contributed by atoms with E-state index in [1.807, 2.05) is 0 Å². The molecule has 5 nitrogen and oxygen atoms in total. The van der Waals surface area contributed by atoms with Gasteiger partial charge in [0.15, 0.2) is 5.96 Å². The van der Waals surface area contributed by atoms with Gasteiger partial charge in [-0.05, 0) is 60.3 Å². The lowest BCUT2D eigenvalue weighted by Gasteiger charge is -2.31. The number of benzene rings is 1. The summed E-state index contributed by atoms with van der Waals surface area (Å²) in [5, 5.41) is 7.00. The van der Waals surface area contributed by atoms with Crippen LogP contribution in [-0.4, -0.2) is 62.7 Å². The third-order valence-electron chi connectivity index (χ3n) is 5.11. The summed E-state index contributed by atoms with van der Waals surface area (Å²) >= 11 is 0. The first-order valence-electron chi connectivity index (χ1n) is 9.35. The molecule has 148 valence electrons. The molecule has 1 heterocycles. The maximum atomic E-state index is 4.81. The Morgan fingerprint density at radius 3 is 2.50 bits per heavy atom. The van der Waals surface area contributed by atoms with E-state index in [1.165, 1.54) is 11.3 Å². The quantitative estimate of drug-likeness (QED) is 0.379. The zero-order valence-corrected chi connectivity index (χ0v) is 19.5. The number of anilines is 1. The van der Waals surface area contributed by atoms with Gasteiger partial charge in [-0.15, -0.1) is 24.0 Å². The van der Waals surface area contributed by atoms with Crippen LogP contribution < -0.4 is 15.5 Å². The fourth-order valence-corrected chi connectivity index (χ4v) is 2.80. The first-order valence-corrected chi connectivity index (χ1v) is 9.35. The Bertz CT molecular complexity index is 568. The second-order valence-corrected chi connectivity index (χ2v) is 7.81. The Morgan fingerprint density at radius 1 is 1.27 bits per heavy atom. The molecule has 1 aliphatic heterocycles. The number of guanidine groups is 1. The van der Waals surface area contributed by atoms with Crippen LogP contribution in [0.3, 0.4) is 0 Å². The smallest absolute Gasteiger partial charge is 0.191 e. The standard InChI is InChI=1S/C20H35N5.HI/c1-7-21-19(22-15-20(3,4)24(5)6)23-17-12-13-25(14-17)18-10-8-16(2)9-11-18;/h8-11,17H,7,12-15H2,1-6H3,(H2,21,22,23);1H. The zero-order valence-electron chi connectivity index (χ0n) is 17.2. The molecular formula is C20H36IN5. The second kappa shape index (κ2) is 10.3. The molecule has 0 amide bonds. The molecule has 2 N–H and O–H groups in total. The molecule has 1 aromatic rings. The molecule has 1 saturated heterocycles. The molecular weight excluding hydrogens is 437 g/mol. The molecule has 1 atom stereocenters. The number of halogens is 1. The molecule has 26 heavy (non-hydrogen) atoms. The van der Waals surface area contributed by atoms with Crippen molar-refractivity contribution in [2.45, 2.75) is 45.7 Å². The van der Waals surface area contributed by atoms with Gasteiger partial charge in [0.05, 0.1) is 6.54 Å². The van der Waals surface area contributed by atoms with Crippen LogP contribution in [0.5, 0.6) is 0 Å². The predicted octanol–water partition coefficient (Wildman–Crippen LogP) is 3.09. The van der Waals surface area contributed by atoms with Gasteiger partial charge in [0, 0.05) is 36.9 Å². The van der Waals surface area contributed by atoms with E-state index in [0.29, 0.717) is 6.04 Å². The lowest BCUT2D eigenvalue weighted by Crippen LogP contribution is -2.47. The maximum absolute atomic E-state index is 4.81. The maximum Gasteiger partial charge on any atom is 0.191 e. The van der Waals surface area contributed by atoms with Gasteiger partial charge in [-0.25, -0.2) is 0 Å². The average Bonchev–Trinajstić information content (AvgIpc) is 3.02. The molecule has 0 aromatic heterocycles. The summed E-state index contributed by atoms with van der Waals surface area (Å²) in [7, 11) is 4.21. The molecule has 2 rings (SSSR count). The largest absolute Gasteiger partial charge is 0.369 e. The molecule has 1 aromatic carbocycles. The summed E-state index contributed by atoms with van der Waals surface area (Å²) in [5.74, 6) is 0.924. The number of likely N-dealkylation sites (N-methyl/N-ethyl adjacent to an activating group) is 1. The number of nitrogens with zero attached hydrogens (tertiary/aromatic N) is 3. The third kappa shape index (κ3) is 6.61. The van der Waals surface area contributed by atoms with Crippen molar-refractivity contribution in [1.29, 1.82) is 0 Å². The van der Waals surface area contributed by atoms with E-state index in [1.54, 1.807) is 0 Å². The van der Waals surface area contributed by atoms with Crippen LogP contribution >= 0.6 is 24.0 Å². The van der Waals surface area contributed by atoms with Crippen LogP contribution in [0.2, 0.25) is 0 Å². The zero-order chi connectivity index (χ0) is 18.4. The molecule has 1 fully saturated rings. The summed E-state index contributed by atoms with van der Waals surface area (Å²) in [4.78, 5) is 9.48. The minimum atomic E-state index is 0. The summed E-state index contributed by atoms with van der Waals surface area (Å²) in [6, 6.07) is 9.24. The van der Waals surface area contributed by atoms with Gasteiger partial charge in [0.25, 0.3) is 0 Å². The van der Waals surface area contributed by atoms with Gasteiger partial charge in [0.2, 0.25) is 0 Å². The van der Waals surface area contributed by atoms with Crippen molar-refractivity contribution in [3.63, 3.8) is 0 Å². The summed E-state index contributed by atoms with van der Waals surface area (Å²) < 4.78 is 0. The SMILES string of the molecule is CCNC(=NCC(C)(C)N(C)C)NC1CCN(c2ccc(C)cc2)C1.I. The molecule has 0 saturated carbocycles. The van der Waals surface area contributed by atoms with E-state index in [4.69, 9.17) is 4.99 Å². The van der Waals surface area contributed by atoms with Crippen molar-refractivity contribution in [1.82, 2.24) is 15.5 Å². The van der Waals surface area contributed by atoms with Crippen LogP contribution in [-0.2, 0) is 0 Å². The summed E-state index contributed by atoms with van der Waals surface area (Å²) in [6.07, 6.45) is 1.13. The van der Waals surface area contributed by atoms with Crippen molar-refractivity contribution in [2.75, 3.05) is 45.2 Å². The van der Waals surface area contributed by atoms with Crippen molar-refractivity contribution >= 4 is 35.6 Å². The monoisotopic (exact) mass is 473 g/mol. The highest BCUT2D eigenvalue weighted by Gasteiger charge is 2.24. The van der Waals surface area contributed by atoms with Crippen LogP contribution in [0.25, 0.3) is 0 Å². The highest BCUT2D eigenvalue weighted by molar-refractivity contribution is 14.0. The molecule has 1 unspecified atom stereocenters. The van der Waals surface area contributed by atoms with Crippen molar-refractivity contribution < 1.29 is 0 Å². The van der Waals surface area contributed by atoms with Gasteiger partial charge in [-0.3, -0.25) is 4.99 Å².